The molecule has 2 heterocycles. The molecule has 0 radical (unpaired) electrons. The number of benzene rings is 2. The summed E-state index contributed by atoms with van der Waals surface area (Å²) in [5, 5.41) is 5.74. The van der Waals surface area contributed by atoms with Crippen LogP contribution in [-0.4, -0.2) is 27.8 Å². The van der Waals surface area contributed by atoms with Gasteiger partial charge in [-0.3, -0.25) is 14.2 Å². The molecule has 9 heteroatoms. The molecular weight excluding hydrogens is 502 g/mol. The van der Waals surface area contributed by atoms with Crippen LogP contribution in [-0.2, 0) is 11.3 Å². The van der Waals surface area contributed by atoms with Gasteiger partial charge in [-0.2, -0.15) is 0 Å². The second-order valence-corrected chi connectivity index (χ2v) is 10.5. The third-order valence-corrected chi connectivity index (χ3v) is 7.66. The molecule has 1 unspecified atom stereocenters. The van der Waals surface area contributed by atoms with Gasteiger partial charge >= 0.3 is 0 Å². The monoisotopic (exact) mass is 525 g/mol. The molecule has 4 aromatic rings. The number of aromatic nitrogens is 2. The molecule has 0 aliphatic heterocycles. The lowest BCUT2D eigenvalue weighted by Gasteiger charge is -2.15. The normalized spacial score (nSPS) is 11.9. The van der Waals surface area contributed by atoms with E-state index in [1.165, 1.54) is 30.2 Å². The highest BCUT2D eigenvalue weighted by molar-refractivity contribution is 8.00. The number of halogens is 1. The summed E-state index contributed by atoms with van der Waals surface area (Å²) in [5.74, 6) is 0.293. The molecule has 2 aromatic heterocycles. The number of hydrogen-bond acceptors (Lipinski definition) is 6. The fraction of sp³-hybridized carbons (Fsp3) is 0.192. The minimum atomic E-state index is -0.521. The van der Waals surface area contributed by atoms with Crippen LogP contribution in [0.15, 0.2) is 70.5 Å². The van der Waals surface area contributed by atoms with E-state index in [2.05, 4.69) is 11.9 Å². The van der Waals surface area contributed by atoms with Crippen LogP contribution in [0.3, 0.4) is 0 Å². The number of rotatable bonds is 8. The molecule has 6 nitrogen and oxygen atoms in total. The molecule has 35 heavy (non-hydrogen) atoms. The van der Waals surface area contributed by atoms with E-state index in [-0.39, 0.29) is 18.0 Å². The van der Waals surface area contributed by atoms with Gasteiger partial charge in [-0.25, -0.2) is 4.98 Å². The zero-order valence-corrected chi connectivity index (χ0v) is 21.9. The van der Waals surface area contributed by atoms with Gasteiger partial charge in [0.25, 0.3) is 5.56 Å². The summed E-state index contributed by atoms with van der Waals surface area (Å²) in [6, 6.07) is 13.1. The number of thioether (sulfide) groups is 1. The minimum absolute atomic E-state index is 0.149. The molecule has 0 aliphatic carbocycles. The Morgan fingerprint density at radius 2 is 2.06 bits per heavy atom. The number of ether oxygens (including phenoxy) is 1. The molecule has 4 rings (SSSR count). The van der Waals surface area contributed by atoms with Crippen LogP contribution in [0.2, 0.25) is 5.02 Å². The van der Waals surface area contributed by atoms with Gasteiger partial charge in [0.1, 0.15) is 10.6 Å². The Morgan fingerprint density at radius 1 is 1.31 bits per heavy atom. The van der Waals surface area contributed by atoms with Crippen LogP contribution in [0, 0.1) is 6.92 Å². The molecule has 1 amide bonds. The highest BCUT2D eigenvalue weighted by Gasteiger charge is 2.22. The Balaban J connectivity index is 1.64. The molecule has 1 N–H and O–H groups in total. The number of hydrogen-bond donors (Lipinski definition) is 1. The standard InChI is InChI=1S/C26H24ClN3O3S2/c1-5-12-30-25(32)22-19(17-8-6-15(2)7-9-17)14-34-24(22)29-26(30)35-16(3)23(31)28-18-10-11-21(33-4)20(27)13-18/h5-11,13-14,16H,1,12H2,2-4H3,(H,28,31). The maximum atomic E-state index is 13.5. The van der Waals surface area contributed by atoms with Crippen LogP contribution in [0.25, 0.3) is 21.3 Å². The summed E-state index contributed by atoms with van der Waals surface area (Å²) in [6.07, 6.45) is 1.65. The highest BCUT2D eigenvalue weighted by atomic mass is 35.5. The van der Waals surface area contributed by atoms with E-state index in [9.17, 15) is 9.59 Å². The summed E-state index contributed by atoms with van der Waals surface area (Å²) in [4.78, 5) is 31.8. The highest BCUT2D eigenvalue weighted by Crippen LogP contribution is 2.33. The van der Waals surface area contributed by atoms with Gasteiger partial charge in [0.15, 0.2) is 5.16 Å². The van der Waals surface area contributed by atoms with Crippen LogP contribution < -0.4 is 15.6 Å². The molecule has 0 aliphatic rings. The van der Waals surface area contributed by atoms with E-state index in [0.717, 1.165) is 16.7 Å². The SMILES string of the molecule is C=CCn1c(SC(C)C(=O)Nc2ccc(OC)c(Cl)c2)nc2scc(-c3ccc(C)cc3)c2c1=O. The molecular formula is C26H24ClN3O3S2. The smallest absolute Gasteiger partial charge is 0.263 e. The van der Waals surface area contributed by atoms with Crippen molar-refractivity contribution in [2.24, 2.45) is 0 Å². The Kier molecular flexibility index (Phi) is 7.64. The van der Waals surface area contributed by atoms with Crippen molar-refractivity contribution in [1.29, 1.82) is 0 Å². The van der Waals surface area contributed by atoms with Crippen molar-refractivity contribution in [2.45, 2.75) is 30.8 Å². The fourth-order valence-corrected chi connectivity index (χ4v) is 5.70. The average molecular weight is 526 g/mol. The van der Waals surface area contributed by atoms with Crippen molar-refractivity contribution in [3.63, 3.8) is 0 Å². The average Bonchev–Trinajstić information content (AvgIpc) is 3.26. The molecule has 0 saturated carbocycles. The van der Waals surface area contributed by atoms with Crippen molar-refractivity contribution >= 4 is 56.5 Å². The van der Waals surface area contributed by atoms with E-state index in [4.69, 9.17) is 21.3 Å². The number of anilines is 1. The lowest BCUT2D eigenvalue weighted by Crippen LogP contribution is -2.26. The third-order valence-electron chi connectivity index (χ3n) is 5.40. The summed E-state index contributed by atoms with van der Waals surface area (Å²) in [5.41, 5.74) is 3.39. The quantitative estimate of drug-likeness (QED) is 0.164. The van der Waals surface area contributed by atoms with Crippen molar-refractivity contribution in [3.05, 3.63) is 81.4 Å². The van der Waals surface area contributed by atoms with Gasteiger partial charge in [0, 0.05) is 23.2 Å². The summed E-state index contributed by atoms with van der Waals surface area (Å²) in [7, 11) is 1.53. The summed E-state index contributed by atoms with van der Waals surface area (Å²) >= 11 is 8.81. The molecule has 2 aromatic carbocycles. The number of aryl methyl sites for hydroxylation is 1. The van der Waals surface area contributed by atoms with Crippen molar-refractivity contribution in [1.82, 2.24) is 9.55 Å². The molecule has 0 bridgehead atoms. The Hall–Kier alpha value is -3.07. The minimum Gasteiger partial charge on any atom is -0.495 e. The number of carbonyl (C=O) groups is 1. The number of nitrogens with zero attached hydrogens (tertiary/aromatic N) is 2. The number of fused-ring (bicyclic) bond motifs is 1. The van der Waals surface area contributed by atoms with Gasteiger partial charge < -0.3 is 10.1 Å². The van der Waals surface area contributed by atoms with Crippen molar-refractivity contribution < 1.29 is 9.53 Å². The Bertz CT molecular complexity index is 1460. The first-order valence-electron chi connectivity index (χ1n) is 10.8. The van der Waals surface area contributed by atoms with E-state index in [1.54, 1.807) is 35.8 Å². The van der Waals surface area contributed by atoms with Crippen LogP contribution in [0.5, 0.6) is 5.75 Å². The second kappa shape index (κ2) is 10.7. The third kappa shape index (κ3) is 5.29. The number of amides is 1. The van der Waals surface area contributed by atoms with Crippen LogP contribution in [0.1, 0.15) is 12.5 Å². The van der Waals surface area contributed by atoms with E-state index in [0.29, 0.717) is 31.8 Å². The zero-order chi connectivity index (χ0) is 25.1. The summed E-state index contributed by atoms with van der Waals surface area (Å²) in [6.45, 7) is 7.88. The maximum Gasteiger partial charge on any atom is 0.263 e. The maximum absolute atomic E-state index is 13.5. The first kappa shape index (κ1) is 25.0. The number of methoxy groups -OCH3 is 1. The van der Waals surface area contributed by atoms with Gasteiger partial charge in [0.05, 0.1) is 22.8 Å². The fourth-order valence-electron chi connectivity index (χ4n) is 3.53. The van der Waals surface area contributed by atoms with Gasteiger partial charge in [-0.05, 0) is 37.6 Å². The predicted molar refractivity (Wildman–Crippen MR) is 146 cm³/mol. The van der Waals surface area contributed by atoms with Crippen LogP contribution in [0.4, 0.5) is 5.69 Å². The van der Waals surface area contributed by atoms with E-state index >= 15 is 0 Å². The first-order chi connectivity index (χ1) is 16.8. The predicted octanol–water partition coefficient (Wildman–Crippen LogP) is 6.40. The second-order valence-electron chi connectivity index (χ2n) is 7.89. The number of carbonyl (C=O) groups excluding carboxylic acids is 1. The molecule has 180 valence electrons. The first-order valence-corrected chi connectivity index (χ1v) is 13.0. The topological polar surface area (TPSA) is 73.2 Å². The van der Waals surface area contributed by atoms with Gasteiger partial charge in [-0.1, -0.05) is 59.3 Å². The molecule has 0 saturated heterocycles. The van der Waals surface area contributed by atoms with Crippen LogP contribution >= 0.6 is 34.7 Å². The Labute approximate surface area is 216 Å². The zero-order valence-electron chi connectivity index (χ0n) is 19.5. The number of nitrogens with one attached hydrogen (secondary N) is 1. The van der Waals surface area contributed by atoms with Crippen molar-refractivity contribution in [2.75, 3.05) is 12.4 Å². The number of thiophene rings is 1. The molecule has 1 atom stereocenters. The van der Waals surface area contributed by atoms with Crippen molar-refractivity contribution in [3.8, 4) is 16.9 Å². The van der Waals surface area contributed by atoms with E-state index < -0.39 is 5.25 Å². The largest absolute Gasteiger partial charge is 0.495 e. The summed E-state index contributed by atoms with van der Waals surface area (Å²) < 4.78 is 6.72. The Morgan fingerprint density at radius 3 is 2.71 bits per heavy atom. The van der Waals surface area contributed by atoms with Gasteiger partial charge in [0.2, 0.25) is 5.91 Å². The number of allylic oxidation sites excluding steroid dienone is 1. The molecule has 0 fully saturated rings. The molecule has 0 spiro atoms. The van der Waals surface area contributed by atoms with E-state index in [1.807, 2.05) is 36.6 Å². The lowest BCUT2D eigenvalue weighted by molar-refractivity contribution is -0.115. The lowest BCUT2D eigenvalue weighted by atomic mass is 10.1. The van der Waals surface area contributed by atoms with Gasteiger partial charge in [-0.15, -0.1) is 17.9 Å².